The Hall–Kier alpha value is -1.55. The van der Waals surface area contributed by atoms with Crippen molar-refractivity contribution in [2.75, 3.05) is 39.1 Å². The van der Waals surface area contributed by atoms with E-state index in [4.69, 9.17) is 4.74 Å². The fraction of sp³-hybridized carbons (Fsp3) is 0.650. The SMILES string of the molecule is CCCCCCCCNc1ccc(C(=O)OCC[NH+](C)C)cc1C. The number of rotatable bonds is 12. The molecule has 136 valence electrons. The molecule has 0 fully saturated rings. The minimum atomic E-state index is -0.234. The van der Waals surface area contributed by atoms with Crippen LogP contribution in [-0.2, 0) is 4.74 Å². The van der Waals surface area contributed by atoms with Crippen molar-refractivity contribution >= 4 is 11.7 Å². The second-order valence-corrected chi connectivity index (χ2v) is 6.82. The smallest absolute Gasteiger partial charge is 0.338 e. The first-order valence-corrected chi connectivity index (χ1v) is 9.35. The standard InChI is InChI=1S/C20H34N2O2/c1-5-6-7-8-9-10-13-21-19-12-11-18(16-17(19)2)20(23)24-15-14-22(3)4/h11-12,16,21H,5-10,13-15H2,1-4H3/p+1. The Labute approximate surface area is 147 Å². The van der Waals surface area contributed by atoms with E-state index in [0.717, 1.165) is 24.3 Å². The molecule has 4 heteroatoms. The summed E-state index contributed by atoms with van der Waals surface area (Å²) in [5, 5.41) is 3.47. The van der Waals surface area contributed by atoms with Gasteiger partial charge in [-0.05, 0) is 37.1 Å². The van der Waals surface area contributed by atoms with Gasteiger partial charge in [-0.3, -0.25) is 0 Å². The Bertz CT molecular complexity index is 487. The van der Waals surface area contributed by atoms with E-state index in [-0.39, 0.29) is 5.97 Å². The lowest BCUT2D eigenvalue weighted by Gasteiger charge is -2.12. The summed E-state index contributed by atoms with van der Waals surface area (Å²) < 4.78 is 5.30. The van der Waals surface area contributed by atoms with Gasteiger partial charge in [-0.15, -0.1) is 0 Å². The monoisotopic (exact) mass is 335 g/mol. The third kappa shape index (κ3) is 8.34. The van der Waals surface area contributed by atoms with Crippen LogP contribution in [0.15, 0.2) is 18.2 Å². The molecule has 0 saturated heterocycles. The summed E-state index contributed by atoms with van der Waals surface area (Å²) in [5.41, 5.74) is 2.83. The van der Waals surface area contributed by atoms with Crippen molar-refractivity contribution in [2.24, 2.45) is 0 Å². The molecule has 0 saturated carbocycles. The van der Waals surface area contributed by atoms with Crippen molar-refractivity contribution < 1.29 is 14.4 Å². The van der Waals surface area contributed by atoms with Gasteiger partial charge in [0.25, 0.3) is 0 Å². The molecule has 1 aromatic rings. The highest BCUT2D eigenvalue weighted by Crippen LogP contribution is 2.17. The molecule has 0 amide bonds. The van der Waals surface area contributed by atoms with Crippen LogP contribution in [0.3, 0.4) is 0 Å². The van der Waals surface area contributed by atoms with Crippen LogP contribution >= 0.6 is 0 Å². The zero-order valence-corrected chi connectivity index (χ0v) is 15.9. The van der Waals surface area contributed by atoms with Crippen LogP contribution in [0.25, 0.3) is 0 Å². The number of quaternary nitrogens is 1. The number of unbranched alkanes of at least 4 members (excludes halogenated alkanes) is 5. The Morgan fingerprint density at radius 2 is 1.83 bits per heavy atom. The van der Waals surface area contributed by atoms with E-state index in [1.54, 1.807) is 0 Å². The Morgan fingerprint density at radius 1 is 1.12 bits per heavy atom. The lowest BCUT2D eigenvalue weighted by Crippen LogP contribution is -3.06. The summed E-state index contributed by atoms with van der Waals surface area (Å²) >= 11 is 0. The van der Waals surface area contributed by atoms with Crippen LogP contribution in [0, 0.1) is 6.92 Å². The number of hydrogen-bond donors (Lipinski definition) is 2. The lowest BCUT2D eigenvalue weighted by atomic mass is 10.1. The van der Waals surface area contributed by atoms with Crippen molar-refractivity contribution in [3.05, 3.63) is 29.3 Å². The zero-order valence-electron chi connectivity index (χ0n) is 15.9. The van der Waals surface area contributed by atoms with Gasteiger partial charge in [0, 0.05) is 12.2 Å². The molecule has 0 heterocycles. The first-order chi connectivity index (χ1) is 11.5. The van der Waals surface area contributed by atoms with E-state index < -0.39 is 0 Å². The maximum Gasteiger partial charge on any atom is 0.338 e. The van der Waals surface area contributed by atoms with E-state index in [0.29, 0.717) is 12.2 Å². The number of ether oxygens (including phenoxy) is 1. The Morgan fingerprint density at radius 3 is 2.50 bits per heavy atom. The van der Waals surface area contributed by atoms with Gasteiger partial charge in [0.1, 0.15) is 13.2 Å². The van der Waals surface area contributed by atoms with Crippen LogP contribution in [0.1, 0.15) is 61.4 Å². The van der Waals surface area contributed by atoms with Crippen LogP contribution in [-0.4, -0.2) is 39.8 Å². The second kappa shape index (κ2) is 11.9. The molecule has 0 radical (unpaired) electrons. The van der Waals surface area contributed by atoms with E-state index in [1.165, 1.54) is 43.4 Å². The first kappa shape index (κ1) is 20.5. The molecule has 1 rings (SSSR count). The minimum Gasteiger partial charge on any atom is -0.456 e. The minimum absolute atomic E-state index is 0.234. The molecule has 1 aromatic carbocycles. The third-order valence-corrected chi connectivity index (χ3v) is 4.14. The van der Waals surface area contributed by atoms with Gasteiger partial charge in [0.15, 0.2) is 0 Å². The normalized spacial score (nSPS) is 10.9. The Balaban J connectivity index is 2.34. The number of esters is 1. The van der Waals surface area contributed by atoms with Crippen LogP contribution < -0.4 is 10.2 Å². The summed E-state index contributed by atoms with van der Waals surface area (Å²) in [4.78, 5) is 13.3. The van der Waals surface area contributed by atoms with E-state index in [1.807, 2.05) is 39.2 Å². The second-order valence-electron chi connectivity index (χ2n) is 6.82. The van der Waals surface area contributed by atoms with Gasteiger partial charge in [-0.25, -0.2) is 4.79 Å². The summed E-state index contributed by atoms with van der Waals surface area (Å²) in [6.07, 6.45) is 7.79. The maximum atomic E-state index is 12.0. The van der Waals surface area contributed by atoms with Crippen molar-refractivity contribution in [1.29, 1.82) is 0 Å². The van der Waals surface area contributed by atoms with Gasteiger partial charge in [-0.2, -0.15) is 0 Å². The molecule has 0 spiro atoms. The number of carbonyl (C=O) groups is 1. The molecule has 2 N–H and O–H groups in total. The molecular formula is C20H35N2O2+. The van der Waals surface area contributed by atoms with Crippen molar-refractivity contribution in [2.45, 2.75) is 52.4 Å². The van der Waals surface area contributed by atoms with E-state index in [2.05, 4.69) is 12.2 Å². The number of benzene rings is 1. The average Bonchev–Trinajstić information content (AvgIpc) is 2.54. The molecule has 0 bridgehead atoms. The molecular weight excluding hydrogens is 300 g/mol. The van der Waals surface area contributed by atoms with Crippen LogP contribution in [0.4, 0.5) is 5.69 Å². The van der Waals surface area contributed by atoms with Crippen molar-refractivity contribution in [1.82, 2.24) is 0 Å². The van der Waals surface area contributed by atoms with E-state index in [9.17, 15) is 4.79 Å². The van der Waals surface area contributed by atoms with Gasteiger partial charge < -0.3 is 15.0 Å². The molecule has 0 aromatic heterocycles. The molecule has 4 nitrogen and oxygen atoms in total. The highest BCUT2D eigenvalue weighted by molar-refractivity contribution is 5.90. The topological polar surface area (TPSA) is 42.8 Å². The summed E-state index contributed by atoms with van der Waals surface area (Å²) in [7, 11) is 4.09. The maximum absolute atomic E-state index is 12.0. The molecule has 0 aliphatic carbocycles. The van der Waals surface area contributed by atoms with Gasteiger partial charge >= 0.3 is 5.97 Å². The molecule has 0 aliphatic heterocycles. The largest absolute Gasteiger partial charge is 0.456 e. The van der Waals surface area contributed by atoms with Crippen molar-refractivity contribution in [3.8, 4) is 0 Å². The summed E-state index contributed by atoms with van der Waals surface area (Å²) in [6.45, 7) is 6.54. The fourth-order valence-corrected chi connectivity index (χ4v) is 2.55. The molecule has 0 unspecified atom stereocenters. The van der Waals surface area contributed by atoms with Gasteiger partial charge in [0.05, 0.1) is 19.7 Å². The lowest BCUT2D eigenvalue weighted by molar-refractivity contribution is -0.858. The highest BCUT2D eigenvalue weighted by atomic mass is 16.5. The number of likely N-dealkylation sites (N-methyl/N-ethyl adjacent to an activating group) is 1. The highest BCUT2D eigenvalue weighted by Gasteiger charge is 2.09. The third-order valence-electron chi connectivity index (χ3n) is 4.14. The number of carbonyl (C=O) groups excluding carboxylic acids is 1. The fourth-order valence-electron chi connectivity index (χ4n) is 2.55. The first-order valence-electron chi connectivity index (χ1n) is 9.35. The van der Waals surface area contributed by atoms with E-state index >= 15 is 0 Å². The molecule has 0 atom stereocenters. The van der Waals surface area contributed by atoms with Crippen LogP contribution in [0.2, 0.25) is 0 Å². The summed E-state index contributed by atoms with van der Waals surface area (Å²) in [6, 6.07) is 5.75. The van der Waals surface area contributed by atoms with Crippen molar-refractivity contribution in [3.63, 3.8) is 0 Å². The Kier molecular flexibility index (Phi) is 10.2. The predicted octanol–water partition coefficient (Wildman–Crippen LogP) is 3.07. The summed E-state index contributed by atoms with van der Waals surface area (Å²) in [5.74, 6) is -0.234. The van der Waals surface area contributed by atoms with Gasteiger partial charge in [0.2, 0.25) is 0 Å². The molecule has 0 aliphatic rings. The number of aryl methyl sites for hydroxylation is 1. The average molecular weight is 336 g/mol. The predicted molar refractivity (Wildman–Crippen MR) is 101 cm³/mol. The number of nitrogens with one attached hydrogen (secondary N) is 2. The quantitative estimate of drug-likeness (QED) is 0.456. The molecule has 24 heavy (non-hydrogen) atoms. The zero-order chi connectivity index (χ0) is 17.8. The number of anilines is 1. The van der Waals surface area contributed by atoms with Crippen LogP contribution in [0.5, 0.6) is 0 Å². The van der Waals surface area contributed by atoms with Gasteiger partial charge in [-0.1, -0.05) is 39.0 Å². The number of hydrogen-bond acceptors (Lipinski definition) is 3.